The van der Waals surface area contributed by atoms with E-state index in [2.05, 4.69) is 15.5 Å². The molecule has 10 heteroatoms. The Morgan fingerprint density at radius 1 is 1.21 bits per heavy atom. The molecule has 1 saturated heterocycles. The predicted octanol–water partition coefficient (Wildman–Crippen LogP) is 2.17. The Balaban J connectivity index is 1.28. The number of fused-ring (bicyclic) bond motifs is 1. The maximum absolute atomic E-state index is 13.1. The number of rotatable bonds is 7. The molecule has 1 fully saturated rings. The molecule has 0 saturated carbocycles. The molecule has 33 heavy (non-hydrogen) atoms. The third-order valence-electron chi connectivity index (χ3n) is 6.07. The number of amides is 1. The number of anilines is 1. The van der Waals surface area contributed by atoms with Crippen molar-refractivity contribution in [2.24, 2.45) is 5.92 Å². The van der Waals surface area contributed by atoms with Crippen LogP contribution >= 0.6 is 0 Å². The van der Waals surface area contributed by atoms with E-state index < -0.39 is 10.0 Å². The molecule has 3 aromatic rings. The predicted molar refractivity (Wildman–Crippen MR) is 124 cm³/mol. The van der Waals surface area contributed by atoms with Gasteiger partial charge in [0.15, 0.2) is 5.82 Å². The Kier molecular flexibility index (Phi) is 6.62. The summed E-state index contributed by atoms with van der Waals surface area (Å²) in [6, 6.07) is 14.8. The van der Waals surface area contributed by atoms with E-state index >= 15 is 0 Å². The first-order valence-electron chi connectivity index (χ1n) is 10.9. The first-order chi connectivity index (χ1) is 15.9. The highest BCUT2D eigenvalue weighted by Gasteiger charge is 2.32. The largest absolute Gasteiger partial charge is 0.381 e. The molecule has 2 aromatic carbocycles. The van der Waals surface area contributed by atoms with Gasteiger partial charge in [-0.15, -0.1) is 0 Å². The summed E-state index contributed by atoms with van der Waals surface area (Å²) in [5.74, 6) is -0.102. The Bertz CT molecular complexity index is 1300. The van der Waals surface area contributed by atoms with Crippen molar-refractivity contribution in [2.75, 3.05) is 25.4 Å². The third kappa shape index (κ3) is 4.84. The van der Waals surface area contributed by atoms with Crippen molar-refractivity contribution in [3.8, 4) is 6.07 Å². The molecular weight excluding hydrogens is 440 g/mol. The zero-order valence-electron chi connectivity index (χ0n) is 18.1. The molecule has 172 valence electrons. The third-order valence-corrected chi connectivity index (χ3v) is 7.96. The van der Waals surface area contributed by atoms with Crippen LogP contribution in [0.4, 0.5) is 5.82 Å². The second-order valence-corrected chi connectivity index (χ2v) is 10.1. The normalized spacial score (nSPS) is 15.4. The lowest BCUT2D eigenvalue weighted by molar-refractivity contribution is -0.126. The van der Waals surface area contributed by atoms with Crippen LogP contribution in [0.5, 0.6) is 0 Å². The highest BCUT2D eigenvalue weighted by atomic mass is 32.2. The van der Waals surface area contributed by atoms with Crippen LogP contribution < -0.4 is 11.1 Å². The summed E-state index contributed by atoms with van der Waals surface area (Å²) < 4.78 is 27.7. The number of nitrogen functional groups attached to an aromatic ring is 1. The Labute approximate surface area is 192 Å². The van der Waals surface area contributed by atoms with Gasteiger partial charge in [0.05, 0.1) is 10.6 Å². The van der Waals surface area contributed by atoms with Crippen LogP contribution in [0.15, 0.2) is 47.4 Å². The van der Waals surface area contributed by atoms with E-state index in [4.69, 9.17) is 11.0 Å². The summed E-state index contributed by atoms with van der Waals surface area (Å²) in [6.45, 7) is 1.08. The van der Waals surface area contributed by atoms with E-state index in [0.29, 0.717) is 56.6 Å². The molecule has 4 rings (SSSR count). The lowest BCUT2D eigenvalue weighted by Gasteiger charge is -2.30. The van der Waals surface area contributed by atoms with E-state index in [-0.39, 0.29) is 22.5 Å². The van der Waals surface area contributed by atoms with Gasteiger partial charge in [0.25, 0.3) is 0 Å². The second kappa shape index (κ2) is 9.60. The highest BCUT2D eigenvalue weighted by molar-refractivity contribution is 7.89. The van der Waals surface area contributed by atoms with E-state index in [0.717, 1.165) is 10.8 Å². The molecule has 0 atom stereocenters. The van der Waals surface area contributed by atoms with Gasteiger partial charge in [-0.2, -0.15) is 14.7 Å². The molecule has 1 aliphatic heterocycles. The average molecular weight is 467 g/mol. The molecule has 0 spiro atoms. The number of aryl methyl sites for hydroxylation is 1. The molecule has 1 amide bonds. The van der Waals surface area contributed by atoms with Crippen molar-refractivity contribution in [3.05, 3.63) is 53.7 Å². The van der Waals surface area contributed by atoms with Crippen LogP contribution in [0, 0.1) is 17.2 Å². The number of nitrogens with two attached hydrogens (primary N) is 1. The molecule has 2 heterocycles. The topological polar surface area (TPSA) is 145 Å². The minimum atomic E-state index is -3.60. The van der Waals surface area contributed by atoms with Crippen LogP contribution in [0.3, 0.4) is 0 Å². The van der Waals surface area contributed by atoms with Gasteiger partial charge < -0.3 is 11.1 Å². The van der Waals surface area contributed by atoms with Crippen LogP contribution in [-0.2, 0) is 21.2 Å². The lowest BCUT2D eigenvalue weighted by atomic mass is 9.97. The fraction of sp³-hybridized carbons (Fsp3) is 0.348. The maximum atomic E-state index is 13.1. The Morgan fingerprint density at radius 3 is 2.67 bits per heavy atom. The molecule has 0 aliphatic carbocycles. The van der Waals surface area contributed by atoms with Gasteiger partial charge in [-0.1, -0.05) is 30.3 Å². The smallest absolute Gasteiger partial charge is 0.243 e. The molecule has 0 bridgehead atoms. The summed E-state index contributed by atoms with van der Waals surface area (Å²) in [7, 11) is -3.60. The minimum absolute atomic E-state index is 0.0672. The van der Waals surface area contributed by atoms with Crippen molar-refractivity contribution in [1.29, 1.82) is 5.26 Å². The van der Waals surface area contributed by atoms with Gasteiger partial charge in [0, 0.05) is 25.6 Å². The van der Waals surface area contributed by atoms with Crippen molar-refractivity contribution < 1.29 is 13.2 Å². The summed E-state index contributed by atoms with van der Waals surface area (Å²) in [6.07, 6.45) is 2.15. The Morgan fingerprint density at radius 2 is 1.94 bits per heavy atom. The number of hydrogen-bond donors (Lipinski definition) is 3. The molecule has 1 aromatic heterocycles. The van der Waals surface area contributed by atoms with Crippen LogP contribution in [0.2, 0.25) is 0 Å². The van der Waals surface area contributed by atoms with E-state index in [1.807, 2.05) is 36.4 Å². The number of nitrogens with one attached hydrogen (secondary N) is 2. The number of nitrogens with zero attached hydrogens (tertiary/aromatic N) is 3. The van der Waals surface area contributed by atoms with E-state index in [1.54, 1.807) is 12.1 Å². The van der Waals surface area contributed by atoms with Crippen molar-refractivity contribution in [1.82, 2.24) is 19.8 Å². The zero-order valence-corrected chi connectivity index (χ0v) is 18.9. The number of sulfonamides is 1. The number of benzene rings is 2. The second-order valence-electron chi connectivity index (χ2n) is 8.16. The number of piperidine rings is 1. The van der Waals surface area contributed by atoms with Gasteiger partial charge in [0.2, 0.25) is 15.9 Å². The molecule has 0 unspecified atom stereocenters. The van der Waals surface area contributed by atoms with Crippen molar-refractivity contribution in [2.45, 2.75) is 30.6 Å². The quantitative estimate of drug-likeness (QED) is 0.455. The molecule has 4 N–H and O–H groups in total. The van der Waals surface area contributed by atoms with Crippen LogP contribution in [0.25, 0.3) is 10.8 Å². The SMILES string of the molecule is N#Cc1c(N)n[nH]c1CCCNC(=O)C1CCN(S(=O)(=O)c2ccc3ccccc3c2)CC1. The summed E-state index contributed by atoms with van der Waals surface area (Å²) in [5.41, 5.74) is 6.64. The number of aromatic amines is 1. The number of H-pyrrole nitrogens is 1. The lowest BCUT2D eigenvalue weighted by Crippen LogP contribution is -2.43. The van der Waals surface area contributed by atoms with Gasteiger partial charge in [-0.25, -0.2) is 8.42 Å². The average Bonchev–Trinajstić information content (AvgIpc) is 3.20. The maximum Gasteiger partial charge on any atom is 0.243 e. The summed E-state index contributed by atoms with van der Waals surface area (Å²) >= 11 is 0. The Hall–Kier alpha value is -3.42. The van der Waals surface area contributed by atoms with Crippen LogP contribution in [-0.4, -0.2) is 48.5 Å². The molecule has 1 aliphatic rings. The monoisotopic (exact) mass is 466 g/mol. The molecule has 0 radical (unpaired) electrons. The zero-order chi connectivity index (χ0) is 23.4. The summed E-state index contributed by atoms with van der Waals surface area (Å²) in [5, 5.41) is 20.5. The minimum Gasteiger partial charge on any atom is -0.381 e. The number of carbonyl (C=O) groups excluding carboxylic acids is 1. The highest BCUT2D eigenvalue weighted by Crippen LogP contribution is 2.26. The number of hydrogen-bond acceptors (Lipinski definition) is 6. The molecular formula is C23H26N6O3S. The van der Waals surface area contributed by atoms with Gasteiger partial charge >= 0.3 is 0 Å². The van der Waals surface area contributed by atoms with Gasteiger partial charge in [0.1, 0.15) is 11.6 Å². The van der Waals surface area contributed by atoms with Crippen LogP contribution in [0.1, 0.15) is 30.5 Å². The van der Waals surface area contributed by atoms with E-state index in [1.165, 1.54) is 4.31 Å². The first kappa shape index (κ1) is 22.8. The summed E-state index contributed by atoms with van der Waals surface area (Å²) in [4.78, 5) is 12.8. The fourth-order valence-corrected chi connectivity index (χ4v) is 5.66. The fourth-order valence-electron chi connectivity index (χ4n) is 4.16. The number of nitriles is 1. The van der Waals surface area contributed by atoms with Crippen molar-refractivity contribution >= 4 is 32.5 Å². The molecule has 9 nitrogen and oxygen atoms in total. The van der Waals surface area contributed by atoms with Gasteiger partial charge in [-0.05, 0) is 48.6 Å². The van der Waals surface area contributed by atoms with E-state index in [9.17, 15) is 13.2 Å². The van der Waals surface area contributed by atoms with Crippen molar-refractivity contribution in [3.63, 3.8) is 0 Å². The number of aromatic nitrogens is 2. The standard InChI is InChI=1S/C23H26N6O3S/c24-15-20-21(27-28-22(20)25)6-3-11-26-23(30)17-9-12-29(13-10-17)33(31,32)19-8-7-16-4-1-2-5-18(16)14-19/h1-2,4-5,7-8,14,17H,3,6,9-13H2,(H,26,30)(H3,25,27,28). The first-order valence-corrected chi connectivity index (χ1v) is 12.3. The number of carbonyl (C=O) groups is 1. The van der Waals surface area contributed by atoms with Gasteiger partial charge in [-0.3, -0.25) is 9.89 Å².